The molecule has 0 bridgehead atoms. The van der Waals surface area contributed by atoms with Crippen LogP contribution in [0.2, 0.25) is 0 Å². The molecule has 5 heterocycles. The van der Waals surface area contributed by atoms with E-state index in [4.69, 9.17) is 14.4 Å². The number of H-pyrrole nitrogens is 2. The summed E-state index contributed by atoms with van der Waals surface area (Å²) in [7, 11) is 0. The van der Waals surface area contributed by atoms with Gasteiger partial charge in [0.15, 0.2) is 11.5 Å². The highest BCUT2D eigenvalue weighted by atomic mass is 16.3. The lowest BCUT2D eigenvalue weighted by Gasteiger charge is -2.01. The Labute approximate surface area is 169 Å². The molecule has 0 fully saturated rings. The highest BCUT2D eigenvalue weighted by Gasteiger charge is 2.17. The molecular weight excluding hydrogens is 380 g/mol. The minimum atomic E-state index is 0.0888. The highest BCUT2D eigenvalue weighted by molar-refractivity contribution is 5.96. The third-order valence-corrected chi connectivity index (χ3v) is 5.00. The van der Waals surface area contributed by atoms with E-state index in [1.807, 2.05) is 36.4 Å². The molecule has 8 heteroatoms. The fraction of sp³-hybridized carbons (Fsp3) is 0. The number of imidazole rings is 1. The summed E-state index contributed by atoms with van der Waals surface area (Å²) in [4.78, 5) is 16.9. The van der Waals surface area contributed by atoms with Crippen LogP contribution in [0.15, 0.2) is 71.8 Å². The molecule has 5 aromatic heterocycles. The van der Waals surface area contributed by atoms with Crippen molar-refractivity contribution in [3.63, 3.8) is 0 Å². The van der Waals surface area contributed by atoms with Gasteiger partial charge in [0.1, 0.15) is 11.3 Å². The Morgan fingerprint density at radius 2 is 1.87 bits per heavy atom. The van der Waals surface area contributed by atoms with E-state index in [2.05, 4.69) is 20.2 Å². The van der Waals surface area contributed by atoms with Gasteiger partial charge in [-0.05, 0) is 30.3 Å². The van der Waals surface area contributed by atoms with Crippen LogP contribution in [0.5, 0.6) is 5.75 Å². The molecular formula is C22H14N6O2. The average Bonchev–Trinajstić information content (AvgIpc) is 3.51. The zero-order valence-electron chi connectivity index (χ0n) is 15.5. The standard InChI is InChI=1S/C22H14N6O2/c29-14-8-13(9-23-10-14)16-4-5-18-20(24-16)21(28-27-18)22-25-17-3-1-2-15(19(17)26-22)12-6-7-30-11-12/h1-11,29H,(H,25,26)(H,27,28). The maximum atomic E-state index is 9.73. The fourth-order valence-electron chi connectivity index (χ4n) is 3.59. The second-order valence-electron chi connectivity index (χ2n) is 6.90. The number of furan rings is 1. The second-order valence-corrected chi connectivity index (χ2v) is 6.90. The Hall–Kier alpha value is -4.46. The zero-order valence-corrected chi connectivity index (χ0v) is 15.5. The van der Waals surface area contributed by atoms with Crippen LogP contribution in [-0.2, 0) is 0 Å². The molecule has 0 aliphatic heterocycles. The number of aromatic nitrogens is 6. The largest absolute Gasteiger partial charge is 0.506 e. The molecule has 0 aliphatic carbocycles. The maximum absolute atomic E-state index is 9.73. The lowest BCUT2D eigenvalue weighted by Crippen LogP contribution is -1.87. The quantitative estimate of drug-likeness (QED) is 0.406. The van der Waals surface area contributed by atoms with E-state index >= 15 is 0 Å². The van der Waals surface area contributed by atoms with E-state index in [0.717, 1.165) is 33.2 Å². The Kier molecular flexibility index (Phi) is 3.45. The molecule has 30 heavy (non-hydrogen) atoms. The summed E-state index contributed by atoms with van der Waals surface area (Å²) in [6.07, 6.45) is 6.39. The predicted octanol–water partition coefficient (Wildman–Crippen LogP) is 4.53. The molecule has 8 nitrogen and oxygen atoms in total. The molecule has 1 aromatic carbocycles. The van der Waals surface area contributed by atoms with Crippen molar-refractivity contribution in [2.45, 2.75) is 0 Å². The van der Waals surface area contributed by atoms with Gasteiger partial charge in [0.25, 0.3) is 0 Å². The van der Waals surface area contributed by atoms with Gasteiger partial charge in [0, 0.05) is 22.9 Å². The van der Waals surface area contributed by atoms with Crippen LogP contribution < -0.4 is 0 Å². The van der Waals surface area contributed by atoms with Crippen molar-refractivity contribution >= 4 is 22.1 Å². The van der Waals surface area contributed by atoms with E-state index in [0.29, 0.717) is 22.7 Å². The fourth-order valence-corrected chi connectivity index (χ4v) is 3.59. The van der Waals surface area contributed by atoms with Crippen LogP contribution in [0, 0.1) is 0 Å². The van der Waals surface area contributed by atoms with Crippen LogP contribution in [0.4, 0.5) is 0 Å². The summed E-state index contributed by atoms with van der Waals surface area (Å²) in [5.74, 6) is 0.705. The van der Waals surface area contributed by atoms with E-state index in [9.17, 15) is 5.11 Å². The number of hydrogen-bond acceptors (Lipinski definition) is 6. The number of pyridine rings is 2. The second kappa shape index (κ2) is 6.28. The molecule has 0 unspecified atom stereocenters. The summed E-state index contributed by atoms with van der Waals surface area (Å²) in [6, 6.07) is 13.2. The first-order chi connectivity index (χ1) is 14.8. The molecule has 0 saturated carbocycles. The van der Waals surface area contributed by atoms with Gasteiger partial charge in [-0.25, -0.2) is 9.97 Å². The SMILES string of the molecule is Oc1cncc(-c2ccc3[nH]nc(-c4nc5c(-c6ccoc6)cccc5[nH]4)c3n2)c1. The minimum absolute atomic E-state index is 0.0888. The lowest BCUT2D eigenvalue weighted by atomic mass is 10.1. The first-order valence-corrected chi connectivity index (χ1v) is 9.27. The predicted molar refractivity (Wildman–Crippen MR) is 112 cm³/mol. The normalized spacial score (nSPS) is 11.5. The lowest BCUT2D eigenvalue weighted by molar-refractivity contribution is 0.473. The molecule has 3 N–H and O–H groups in total. The number of rotatable bonds is 3. The van der Waals surface area contributed by atoms with Crippen LogP contribution in [-0.4, -0.2) is 35.2 Å². The number of nitrogens with one attached hydrogen (secondary N) is 2. The van der Waals surface area contributed by atoms with Gasteiger partial charge >= 0.3 is 0 Å². The summed E-state index contributed by atoms with van der Waals surface area (Å²) in [5.41, 5.74) is 7.16. The smallest absolute Gasteiger partial charge is 0.161 e. The summed E-state index contributed by atoms with van der Waals surface area (Å²) in [6.45, 7) is 0. The molecule has 0 radical (unpaired) electrons. The Bertz CT molecular complexity index is 1510. The molecule has 0 aliphatic rings. The van der Waals surface area contributed by atoms with Gasteiger partial charge in [-0.15, -0.1) is 0 Å². The zero-order chi connectivity index (χ0) is 20.1. The molecule has 144 valence electrons. The number of benzene rings is 1. The summed E-state index contributed by atoms with van der Waals surface area (Å²) in [5, 5.41) is 17.2. The van der Waals surface area contributed by atoms with Crippen LogP contribution >= 0.6 is 0 Å². The third kappa shape index (κ3) is 2.55. The highest BCUT2D eigenvalue weighted by Crippen LogP contribution is 2.32. The van der Waals surface area contributed by atoms with E-state index in [1.165, 1.54) is 6.20 Å². The Morgan fingerprint density at radius 3 is 2.73 bits per heavy atom. The monoisotopic (exact) mass is 394 g/mol. The van der Waals surface area contributed by atoms with Gasteiger partial charge in [-0.1, -0.05) is 12.1 Å². The van der Waals surface area contributed by atoms with E-state index in [1.54, 1.807) is 24.8 Å². The van der Waals surface area contributed by atoms with Crippen molar-refractivity contribution in [1.82, 2.24) is 30.1 Å². The molecule has 0 saturated heterocycles. The molecule has 0 amide bonds. The minimum Gasteiger partial charge on any atom is -0.506 e. The molecule has 6 aromatic rings. The average molecular weight is 394 g/mol. The van der Waals surface area contributed by atoms with Gasteiger partial charge in [0.05, 0.1) is 41.0 Å². The van der Waals surface area contributed by atoms with Crippen molar-refractivity contribution in [2.24, 2.45) is 0 Å². The first-order valence-electron chi connectivity index (χ1n) is 9.27. The number of aromatic amines is 2. The van der Waals surface area contributed by atoms with Gasteiger partial charge < -0.3 is 14.5 Å². The Morgan fingerprint density at radius 1 is 0.900 bits per heavy atom. The Balaban J connectivity index is 1.52. The van der Waals surface area contributed by atoms with Crippen LogP contribution in [0.25, 0.3) is 56.0 Å². The van der Waals surface area contributed by atoms with Gasteiger partial charge in [-0.2, -0.15) is 5.10 Å². The summed E-state index contributed by atoms with van der Waals surface area (Å²) >= 11 is 0. The number of aromatic hydroxyl groups is 1. The van der Waals surface area contributed by atoms with Crippen molar-refractivity contribution in [1.29, 1.82) is 0 Å². The van der Waals surface area contributed by atoms with Crippen molar-refractivity contribution in [2.75, 3.05) is 0 Å². The summed E-state index contributed by atoms with van der Waals surface area (Å²) < 4.78 is 5.23. The van der Waals surface area contributed by atoms with E-state index < -0.39 is 0 Å². The van der Waals surface area contributed by atoms with Crippen molar-refractivity contribution in [3.8, 4) is 39.7 Å². The first kappa shape index (κ1) is 16.5. The number of fused-ring (bicyclic) bond motifs is 2. The van der Waals surface area contributed by atoms with E-state index in [-0.39, 0.29) is 5.75 Å². The maximum Gasteiger partial charge on any atom is 0.161 e. The molecule has 0 spiro atoms. The van der Waals surface area contributed by atoms with Crippen molar-refractivity contribution < 1.29 is 9.52 Å². The van der Waals surface area contributed by atoms with Crippen LogP contribution in [0.3, 0.4) is 0 Å². The number of hydrogen-bond donors (Lipinski definition) is 3. The van der Waals surface area contributed by atoms with Crippen LogP contribution in [0.1, 0.15) is 0 Å². The number of para-hydroxylation sites is 1. The van der Waals surface area contributed by atoms with Gasteiger partial charge in [-0.3, -0.25) is 10.1 Å². The molecule has 6 rings (SSSR count). The number of nitrogens with zero attached hydrogens (tertiary/aromatic N) is 4. The molecule has 0 atom stereocenters. The topological polar surface area (TPSA) is 117 Å². The van der Waals surface area contributed by atoms with Crippen molar-refractivity contribution in [3.05, 3.63) is 67.4 Å². The third-order valence-electron chi connectivity index (χ3n) is 5.00. The van der Waals surface area contributed by atoms with Gasteiger partial charge in [0.2, 0.25) is 0 Å².